The van der Waals surface area contributed by atoms with Gasteiger partial charge in [0.25, 0.3) is 0 Å². The fourth-order valence-electron chi connectivity index (χ4n) is 0.395. The third-order valence-corrected chi connectivity index (χ3v) is 0.769. The van der Waals surface area contributed by atoms with E-state index in [9.17, 15) is 0 Å². The standard InChI is InChI=1S/C6H6N2/c1-6-2-3-7-4-5-8-6/h3-5H,1H3. The van der Waals surface area contributed by atoms with Crippen LogP contribution in [0.15, 0.2) is 27.6 Å². The lowest BCUT2D eigenvalue weighted by Crippen LogP contribution is -1.70. The molecule has 0 aromatic rings. The molecule has 0 fully saturated rings. The Bertz CT molecular complexity index is 193. The molecule has 8 heavy (non-hydrogen) atoms. The molecule has 0 aliphatic carbocycles. The van der Waals surface area contributed by atoms with E-state index in [2.05, 4.69) is 15.7 Å². The van der Waals surface area contributed by atoms with Crippen molar-refractivity contribution in [3.63, 3.8) is 0 Å². The highest BCUT2D eigenvalue weighted by Crippen LogP contribution is 1.90. The first-order valence-corrected chi connectivity index (χ1v) is 2.37. The van der Waals surface area contributed by atoms with E-state index in [1.165, 1.54) is 0 Å². The van der Waals surface area contributed by atoms with E-state index >= 15 is 0 Å². The molecule has 0 aromatic carbocycles. The molecule has 2 heteroatoms. The van der Waals surface area contributed by atoms with Crippen LogP contribution in [0.2, 0.25) is 0 Å². The van der Waals surface area contributed by atoms with Crippen molar-refractivity contribution in [3.05, 3.63) is 17.6 Å². The molecule has 0 radical (unpaired) electrons. The van der Waals surface area contributed by atoms with Crippen LogP contribution in [0.4, 0.5) is 0 Å². The van der Waals surface area contributed by atoms with Gasteiger partial charge in [0.15, 0.2) is 0 Å². The van der Waals surface area contributed by atoms with Crippen molar-refractivity contribution in [2.75, 3.05) is 0 Å². The first-order chi connectivity index (χ1) is 3.89. The highest BCUT2D eigenvalue weighted by molar-refractivity contribution is 6.16. The number of hydrogen-bond acceptors (Lipinski definition) is 2. The molecule has 0 saturated heterocycles. The molecule has 0 atom stereocenters. The molecule has 0 spiro atoms. The van der Waals surface area contributed by atoms with Gasteiger partial charge in [-0.1, -0.05) is 5.73 Å². The third-order valence-electron chi connectivity index (χ3n) is 0.769. The topological polar surface area (TPSA) is 24.7 Å². The van der Waals surface area contributed by atoms with Gasteiger partial charge in [-0.25, -0.2) is 0 Å². The molecule has 1 rings (SSSR count). The Balaban J connectivity index is 2.95. The zero-order valence-electron chi connectivity index (χ0n) is 4.63. The number of allylic oxidation sites excluding steroid dienone is 1. The Kier molecular flexibility index (Phi) is 1.40. The van der Waals surface area contributed by atoms with Gasteiger partial charge in [-0.05, 0) is 6.92 Å². The van der Waals surface area contributed by atoms with Gasteiger partial charge in [0.05, 0.1) is 11.9 Å². The lowest BCUT2D eigenvalue weighted by atomic mass is 10.5. The summed E-state index contributed by atoms with van der Waals surface area (Å²) in [5.41, 5.74) is 3.70. The molecule has 1 aliphatic heterocycles. The minimum atomic E-state index is 0.863. The Labute approximate surface area is 48.0 Å². The van der Waals surface area contributed by atoms with Crippen LogP contribution in [0, 0.1) is 0 Å². The molecule has 0 saturated carbocycles. The van der Waals surface area contributed by atoms with Gasteiger partial charge in [-0.2, -0.15) is 0 Å². The van der Waals surface area contributed by atoms with Crippen molar-refractivity contribution < 1.29 is 0 Å². The van der Waals surface area contributed by atoms with Crippen molar-refractivity contribution in [1.82, 2.24) is 0 Å². The number of rotatable bonds is 0. The van der Waals surface area contributed by atoms with Crippen LogP contribution in [0.25, 0.3) is 0 Å². The Morgan fingerprint density at radius 2 is 2.38 bits per heavy atom. The summed E-state index contributed by atoms with van der Waals surface area (Å²) in [7, 11) is 0. The lowest BCUT2D eigenvalue weighted by molar-refractivity contribution is 1.33. The Morgan fingerprint density at radius 1 is 1.50 bits per heavy atom. The van der Waals surface area contributed by atoms with Crippen LogP contribution in [0.1, 0.15) is 6.92 Å². The predicted molar refractivity (Wildman–Crippen MR) is 34.3 cm³/mol. The van der Waals surface area contributed by atoms with Crippen LogP contribution in [-0.2, 0) is 0 Å². The van der Waals surface area contributed by atoms with Crippen LogP contribution < -0.4 is 0 Å². The minimum Gasteiger partial charge on any atom is -0.255 e. The smallest absolute Gasteiger partial charge is 0.0805 e. The van der Waals surface area contributed by atoms with E-state index in [1.54, 1.807) is 18.6 Å². The second kappa shape index (κ2) is 2.24. The van der Waals surface area contributed by atoms with Crippen molar-refractivity contribution in [2.45, 2.75) is 6.92 Å². The van der Waals surface area contributed by atoms with Gasteiger partial charge in [0.1, 0.15) is 0 Å². The molecule has 0 N–H and O–H groups in total. The van der Waals surface area contributed by atoms with Crippen molar-refractivity contribution in [2.24, 2.45) is 9.98 Å². The molecule has 0 amide bonds. The van der Waals surface area contributed by atoms with Gasteiger partial charge in [0, 0.05) is 12.4 Å². The second-order valence-electron chi connectivity index (χ2n) is 1.44. The highest BCUT2D eigenvalue weighted by Gasteiger charge is 1.76. The average molecular weight is 106 g/mol. The van der Waals surface area contributed by atoms with E-state index in [1.807, 2.05) is 6.92 Å². The van der Waals surface area contributed by atoms with Gasteiger partial charge >= 0.3 is 0 Å². The third kappa shape index (κ3) is 1.17. The van der Waals surface area contributed by atoms with Crippen molar-refractivity contribution >= 4 is 12.4 Å². The number of aliphatic imine (C=N–C) groups is 2. The average Bonchev–Trinajstić information content (AvgIpc) is 1.94. The summed E-state index contributed by atoms with van der Waals surface area (Å²) in [6, 6.07) is 0. The number of nitrogens with zero attached hydrogens (tertiary/aromatic N) is 2. The fraction of sp³-hybridized carbons (Fsp3) is 0.167. The van der Waals surface area contributed by atoms with E-state index in [4.69, 9.17) is 0 Å². The van der Waals surface area contributed by atoms with Gasteiger partial charge in [-0.15, -0.1) is 0 Å². The molecular weight excluding hydrogens is 100 g/mol. The van der Waals surface area contributed by atoms with E-state index < -0.39 is 0 Å². The molecule has 0 bridgehead atoms. The van der Waals surface area contributed by atoms with E-state index in [-0.39, 0.29) is 0 Å². The van der Waals surface area contributed by atoms with Gasteiger partial charge < -0.3 is 0 Å². The summed E-state index contributed by atoms with van der Waals surface area (Å²) >= 11 is 0. The van der Waals surface area contributed by atoms with Crippen LogP contribution in [0.3, 0.4) is 0 Å². The van der Waals surface area contributed by atoms with E-state index in [0.717, 1.165) is 5.70 Å². The Morgan fingerprint density at radius 3 is 3.25 bits per heavy atom. The van der Waals surface area contributed by atoms with E-state index in [0.29, 0.717) is 0 Å². The second-order valence-corrected chi connectivity index (χ2v) is 1.44. The Hall–Kier alpha value is -1.14. The molecule has 0 aromatic heterocycles. The SMILES string of the molecule is CC1=C=CN=CC=N1. The maximum atomic E-state index is 3.92. The van der Waals surface area contributed by atoms with Gasteiger partial charge in [-0.3, -0.25) is 9.98 Å². The molecular formula is C6H6N2. The summed E-state index contributed by atoms with van der Waals surface area (Å²) < 4.78 is 0. The molecule has 2 nitrogen and oxygen atoms in total. The quantitative estimate of drug-likeness (QED) is 0.414. The summed E-state index contributed by atoms with van der Waals surface area (Å²) in [6.07, 6.45) is 4.87. The fourth-order valence-corrected chi connectivity index (χ4v) is 0.395. The van der Waals surface area contributed by atoms with Crippen molar-refractivity contribution in [3.8, 4) is 0 Å². The maximum absolute atomic E-state index is 3.92. The summed E-state index contributed by atoms with van der Waals surface area (Å²) in [5.74, 6) is 0. The van der Waals surface area contributed by atoms with Crippen molar-refractivity contribution in [1.29, 1.82) is 0 Å². The van der Waals surface area contributed by atoms with Gasteiger partial charge in [0.2, 0.25) is 0 Å². The summed E-state index contributed by atoms with van der Waals surface area (Å²) in [5, 5.41) is 0. The summed E-state index contributed by atoms with van der Waals surface area (Å²) in [4.78, 5) is 7.71. The molecule has 0 unspecified atom stereocenters. The maximum Gasteiger partial charge on any atom is 0.0805 e. The summed E-state index contributed by atoms with van der Waals surface area (Å²) in [6.45, 7) is 1.88. The molecule has 1 heterocycles. The van der Waals surface area contributed by atoms with Crippen LogP contribution in [-0.4, -0.2) is 12.4 Å². The first-order valence-electron chi connectivity index (χ1n) is 2.37. The molecule has 1 aliphatic rings. The zero-order chi connectivity index (χ0) is 5.82. The minimum absolute atomic E-state index is 0.863. The van der Waals surface area contributed by atoms with Crippen LogP contribution >= 0.6 is 0 Å². The number of hydrogen-bond donors (Lipinski definition) is 0. The lowest BCUT2D eigenvalue weighted by Gasteiger charge is -1.75. The zero-order valence-corrected chi connectivity index (χ0v) is 4.63. The largest absolute Gasteiger partial charge is 0.255 e. The van der Waals surface area contributed by atoms with Crippen LogP contribution in [0.5, 0.6) is 0 Å². The predicted octanol–water partition coefficient (Wildman–Crippen LogP) is 1.16. The first kappa shape index (κ1) is 5.01. The monoisotopic (exact) mass is 106 g/mol. The highest BCUT2D eigenvalue weighted by atomic mass is 14.8. The molecule has 40 valence electrons. The normalized spacial score (nSPS) is 15.9.